The number of ether oxygens (including phenoxy) is 3. The monoisotopic (exact) mass is 819 g/mol. The maximum absolute atomic E-state index is 12.7. The van der Waals surface area contributed by atoms with Gasteiger partial charge in [0.2, 0.25) is 0 Å². The standard InChI is InChI=1S/C52H98O6/c1-4-7-10-13-16-19-21-22-23-24-25-26-27-28-29-30-32-33-36-39-42-45-51(54)57-48-49(47-56-50(53)44-41-38-35-18-15-12-9-6-3)58-52(55)46-43-40-37-34-31-20-17-14-11-8-5-2/h14,17,49H,4-13,15-16,18-48H2,1-3H3/b17-14-. The molecule has 0 aromatic carbocycles. The molecule has 0 aliphatic carbocycles. The van der Waals surface area contributed by atoms with E-state index < -0.39 is 6.10 Å². The summed E-state index contributed by atoms with van der Waals surface area (Å²) in [5, 5.41) is 0. The van der Waals surface area contributed by atoms with Gasteiger partial charge in [0.05, 0.1) is 0 Å². The van der Waals surface area contributed by atoms with E-state index in [0.29, 0.717) is 19.3 Å². The lowest BCUT2D eigenvalue weighted by molar-refractivity contribution is -0.167. The molecule has 0 N–H and O–H groups in total. The first kappa shape index (κ1) is 56.1. The van der Waals surface area contributed by atoms with Gasteiger partial charge in [0, 0.05) is 19.3 Å². The Hall–Kier alpha value is -1.85. The second-order valence-electron chi connectivity index (χ2n) is 17.4. The van der Waals surface area contributed by atoms with E-state index in [2.05, 4.69) is 32.9 Å². The molecule has 0 fully saturated rings. The first-order valence-electron chi connectivity index (χ1n) is 25.7. The first-order valence-corrected chi connectivity index (χ1v) is 25.7. The van der Waals surface area contributed by atoms with E-state index >= 15 is 0 Å². The quantitative estimate of drug-likeness (QED) is 0.0263. The summed E-state index contributed by atoms with van der Waals surface area (Å²) in [7, 11) is 0. The fourth-order valence-electron chi connectivity index (χ4n) is 7.60. The molecule has 0 radical (unpaired) electrons. The molecule has 58 heavy (non-hydrogen) atoms. The van der Waals surface area contributed by atoms with Gasteiger partial charge in [-0.05, 0) is 38.5 Å². The smallest absolute Gasteiger partial charge is 0.306 e. The van der Waals surface area contributed by atoms with Gasteiger partial charge in [-0.3, -0.25) is 14.4 Å². The van der Waals surface area contributed by atoms with Crippen molar-refractivity contribution in [1.29, 1.82) is 0 Å². The molecule has 0 saturated heterocycles. The van der Waals surface area contributed by atoms with Gasteiger partial charge in [0.1, 0.15) is 13.2 Å². The van der Waals surface area contributed by atoms with Gasteiger partial charge >= 0.3 is 17.9 Å². The van der Waals surface area contributed by atoms with Crippen LogP contribution in [0.1, 0.15) is 284 Å². The molecule has 0 bridgehead atoms. The van der Waals surface area contributed by atoms with Gasteiger partial charge in [-0.2, -0.15) is 0 Å². The van der Waals surface area contributed by atoms with Crippen molar-refractivity contribution in [2.75, 3.05) is 13.2 Å². The maximum atomic E-state index is 12.7. The zero-order chi connectivity index (χ0) is 42.3. The van der Waals surface area contributed by atoms with E-state index in [0.717, 1.165) is 64.2 Å². The second-order valence-corrected chi connectivity index (χ2v) is 17.4. The summed E-state index contributed by atoms with van der Waals surface area (Å²) in [4.78, 5) is 37.7. The Morgan fingerprint density at radius 2 is 0.586 bits per heavy atom. The normalized spacial score (nSPS) is 12.0. The van der Waals surface area contributed by atoms with E-state index in [1.54, 1.807) is 0 Å². The fraction of sp³-hybridized carbons (Fsp3) is 0.904. The molecule has 6 nitrogen and oxygen atoms in total. The third-order valence-electron chi connectivity index (χ3n) is 11.5. The van der Waals surface area contributed by atoms with Crippen LogP contribution in [-0.4, -0.2) is 37.2 Å². The summed E-state index contributed by atoms with van der Waals surface area (Å²) >= 11 is 0. The van der Waals surface area contributed by atoms with E-state index in [1.165, 1.54) is 180 Å². The molecule has 0 spiro atoms. The minimum Gasteiger partial charge on any atom is -0.462 e. The number of esters is 3. The van der Waals surface area contributed by atoms with Crippen molar-refractivity contribution in [3.63, 3.8) is 0 Å². The van der Waals surface area contributed by atoms with Gasteiger partial charge < -0.3 is 14.2 Å². The Kier molecular flexibility index (Phi) is 46.3. The molecule has 0 aromatic heterocycles. The van der Waals surface area contributed by atoms with Crippen LogP contribution >= 0.6 is 0 Å². The summed E-state index contributed by atoms with van der Waals surface area (Å²) in [6.07, 6.45) is 52.2. The van der Waals surface area contributed by atoms with Crippen LogP contribution in [0.4, 0.5) is 0 Å². The lowest BCUT2D eigenvalue weighted by Gasteiger charge is -2.18. The van der Waals surface area contributed by atoms with Gasteiger partial charge in [-0.1, -0.05) is 238 Å². The summed E-state index contributed by atoms with van der Waals surface area (Å²) in [6, 6.07) is 0. The average Bonchev–Trinajstić information content (AvgIpc) is 3.22. The van der Waals surface area contributed by atoms with Crippen LogP contribution < -0.4 is 0 Å². The van der Waals surface area contributed by atoms with E-state index in [4.69, 9.17) is 14.2 Å². The van der Waals surface area contributed by atoms with Crippen molar-refractivity contribution >= 4 is 17.9 Å². The molecule has 0 aliphatic rings. The Balaban J connectivity index is 4.14. The van der Waals surface area contributed by atoms with Gasteiger partial charge in [0.25, 0.3) is 0 Å². The molecule has 6 heteroatoms. The molecule has 0 rings (SSSR count). The topological polar surface area (TPSA) is 78.9 Å². The van der Waals surface area contributed by atoms with Crippen molar-refractivity contribution < 1.29 is 28.6 Å². The predicted molar refractivity (Wildman–Crippen MR) is 247 cm³/mol. The number of allylic oxidation sites excluding steroid dienone is 2. The van der Waals surface area contributed by atoms with Crippen molar-refractivity contribution in [2.24, 2.45) is 0 Å². The van der Waals surface area contributed by atoms with Crippen LogP contribution in [0, 0.1) is 0 Å². The summed E-state index contributed by atoms with van der Waals surface area (Å²) in [5.41, 5.74) is 0. The van der Waals surface area contributed by atoms with Crippen LogP contribution in [0.25, 0.3) is 0 Å². The molecule has 1 atom stereocenters. The van der Waals surface area contributed by atoms with Crippen molar-refractivity contribution in [3.8, 4) is 0 Å². The average molecular weight is 819 g/mol. The number of unbranched alkanes of at least 4 members (excludes halogenated alkanes) is 34. The molecule has 0 amide bonds. The molecule has 0 aliphatic heterocycles. The number of hydrogen-bond donors (Lipinski definition) is 0. The molecule has 1 unspecified atom stereocenters. The third-order valence-corrected chi connectivity index (χ3v) is 11.5. The van der Waals surface area contributed by atoms with E-state index in [1.807, 2.05) is 0 Å². The molecule has 0 saturated carbocycles. The first-order chi connectivity index (χ1) is 28.5. The highest BCUT2D eigenvalue weighted by Crippen LogP contribution is 2.16. The molecule has 0 heterocycles. The van der Waals surface area contributed by atoms with Crippen LogP contribution in [0.2, 0.25) is 0 Å². The van der Waals surface area contributed by atoms with Crippen molar-refractivity contribution in [3.05, 3.63) is 12.2 Å². The van der Waals surface area contributed by atoms with Gasteiger partial charge in [-0.15, -0.1) is 0 Å². The molecular weight excluding hydrogens is 721 g/mol. The fourth-order valence-corrected chi connectivity index (χ4v) is 7.60. The van der Waals surface area contributed by atoms with Crippen LogP contribution in [0.5, 0.6) is 0 Å². The van der Waals surface area contributed by atoms with Crippen molar-refractivity contribution in [2.45, 2.75) is 290 Å². The Bertz CT molecular complexity index is 900. The number of carbonyl (C=O) groups excluding carboxylic acids is 3. The summed E-state index contributed by atoms with van der Waals surface area (Å²) in [5.74, 6) is -0.870. The van der Waals surface area contributed by atoms with E-state index in [-0.39, 0.29) is 31.1 Å². The SMILES string of the molecule is CCCC/C=C\CCCCCCCC(=O)OC(COC(=O)CCCCCCCCCC)COC(=O)CCCCCCCCCCCCCCCCCCCCCCC. The highest BCUT2D eigenvalue weighted by Gasteiger charge is 2.19. The number of rotatable bonds is 47. The Morgan fingerprint density at radius 1 is 0.328 bits per heavy atom. The van der Waals surface area contributed by atoms with Gasteiger partial charge in [-0.25, -0.2) is 0 Å². The summed E-state index contributed by atoms with van der Waals surface area (Å²) in [6.45, 7) is 6.59. The zero-order valence-electron chi connectivity index (χ0n) is 39.1. The highest BCUT2D eigenvalue weighted by molar-refractivity contribution is 5.71. The Labute approximate surface area is 360 Å². The minimum absolute atomic E-state index is 0.0688. The lowest BCUT2D eigenvalue weighted by atomic mass is 10.0. The lowest BCUT2D eigenvalue weighted by Crippen LogP contribution is -2.30. The summed E-state index contributed by atoms with van der Waals surface area (Å²) < 4.78 is 16.7. The highest BCUT2D eigenvalue weighted by atomic mass is 16.6. The van der Waals surface area contributed by atoms with Crippen molar-refractivity contribution in [1.82, 2.24) is 0 Å². The third kappa shape index (κ3) is 45.2. The minimum atomic E-state index is -0.766. The number of carbonyl (C=O) groups is 3. The van der Waals surface area contributed by atoms with Crippen LogP contribution in [-0.2, 0) is 28.6 Å². The van der Waals surface area contributed by atoms with Gasteiger partial charge in [0.15, 0.2) is 6.10 Å². The molecule has 342 valence electrons. The van der Waals surface area contributed by atoms with Crippen LogP contribution in [0.15, 0.2) is 12.2 Å². The molecular formula is C52H98O6. The van der Waals surface area contributed by atoms with E-state index in [9.17, 15) is 14.4 Å². The maximum Gasteiger partial charge on any atom is 0.306 e. The Morgan fingerprint density at radius 3 is 0.914 bits per heavy atom. The molecule has 0 aromatic rings. The second kappa shape index (κ2) is 47.8. The number of hydrogen-bond acceptors (Lipinski definition) is 6. The zero-order valence-corrected chi connectivity index (χ0v) is 39.1. The predicted octanol–water partition coefficient (Wildman–Crippen LogP) is 16.6. The largest absolute Gasteiger partial charge is 0.462 e. The van der Waals surface area contributed by atoms with Crippen LogP contribution in [0.3, 0.4) is 0 Å².